The number of methoxy groups -OCH3 is 1. The summed E-state index contributed by atoms with van der Waals surface area (Å²) in [4.78, 5) is 28.8. The van der Waals surface area contributed by atoms with E-state index in [-0.39, 0.29) is 29.1 Å². The molecule has 3 rings (SSSR count). The van der Waals surface area contributed by atoms with E-state index in [0.29, 0.717) is 0 Å². The van der Waals surface area contributed by atoms with Gasteiger partial charge in [0.05, 0.1) is 18.7 Å². The molecule has 0 bridgehead atoms. The van der Waals surface area contributed by atoms with Crippen LogP contribution in [0.25, 0.3) is 0 Å². The summed E-state index contributed by atoms with van der Waals surface area (Å²) in [6.45, 7) is 1.75. The fourth-order valence-electron chi connectivity index (χ4n) is 2.85. The maximum absolute atomic E-state index is 12.9. The van der Waals surface area contributed by atoms with Crippen molar-refractivity contribution in [2.75, 3.05) is 7.11 Å². The highest BCUT2D eigenvalue weighted by atomic mass is 19.4. The van der Waals surface area contributed by atoms with Crippen molar-refractivity contribution in [2.45, 2.75) is 19.1 Å². The summed E-state index contributed by atoms with van der Waals surface area (Å²) in [5, 5.41) is 4.79. The van der Waals surface area contributed by atoms with Gasteiger partial charge in [0.1, 0.15) is 17.2 Å². The van der Waals surface area contributed by atoms with Crippen LogP contribution in [0.3, 0.4) is 0 Å². The van der Waals surface area contributed by atoms with Crippen LogP contribution in [0.15, 0.2) is 66.7 Å². The minimum absolute atomic E-state index is 0.133. The number of rotatable bonds is 6. The number of aromatic nitrogens is 1. The van der Waals surface area contributed by atoms with Gasteiger partial charge in [-0.1, -0.05) is 36.4 Å². The third-order valence-electron chi connectivity index (χ3n) is 4.50. The highest BCUT2D eigenvalue weighted by molar-refractivity contribution is 6.03. The van der Waals surface area contributed by atoms with E-state index < -0.39 is 23.7 Å². The van der Waals surface area contributed by atoms with E-state index in [1.165, 1.54) is 31.4 Å². The molecule has 0 aliphatic heterocycles. The highest BCUT2D eigenvalue weighted by Gasteiger charge is 2.30. The number of carbonyl (C=O) groups is 2. The van der Waals surface area contributed by atoms with Crippen molar-refractivity contribution in [1.82, 2.24) is 15.6 Å². The number of carbonyl (C=O) groups excluding carboxylic acids is 2. The van der Waals surface area contributed by atoms with Gasteiger partial charge in [-0.2, -0.15) is 13.2 Å². The van der Waals surface area contributed by atoms with Crippen LogP contribution < -0.4 is 20.1 Å². The molecule has 10 heteroatoms. The van der Waals surface area contributed by atoms with Crippen LogP contribution in [-0.2, 0) is 6.18 Å². The summed E-state index contributed by atoms with van der Waals surface area (Å²) < 4.78 is 49.3. The third-order valence-corrected chi connectivity index (χ3v) is 4.50. The lowest BCUT2D eigenvalue weighted by Gasteiger charge is -2.15. The van der Waals surface area contributed by atoms with Gasteiger partial charge in [0, 0.05) is 12.1 Å². The Morgan fingerprint density at radius 2 is 1.70 bits per heavy atom. The molecule has 7 nitrogen and oxygen atoms in total. The molecule has 1 unspecified atom stereocenters. The topological polar surface area (TPSA) is 89.6 Å². The number of ether oxygens (including phenoxy) is 2. The smallest absolute Gasteiger partial charge is 0.416 e. The molecule has 172 valence electrons. The van der Waals surface area contributed by atoms with Gasteiger partial charge in [-0.15, -0.1) is 0 Å². The van der Waals surface area contributed by atoms with E-state index in [2.05, 4.69) is 15.6 Å². The van der Waals surface area contributed by atoms with Crippen LogP contribution in [-0.4, -0.2) is 24.0 Å². The Morgan fingerprint density at radius 3 is 2.36 bits per heavy atom. The van der Waals surface area contributed by atoms with Crippen molar-refractivity contribution in [2.24, 2.45) is 0 Å². The molecule has 1 aromatic heterocycles. The molecule has 0 spiro atoms. The summed E-state index contributed by atoms with van der Waals surface area (Å²) in [6, 6.07) is 14.8. The molecular weight excluding hydrogens is 439 g/mol. The quantitative estimate of drug-likeness (QED) is 0.535. The monoisotopic (exact) mass is 459 g/mol. The van der Waals surface area contributed by atoms with Crippen molar-refractivity contribution in [3.8, 4) is 17.4 Å². The van der Waals surface area contributed by atoms with Gasteiger partial charge in [-0.05, 0) is 30.7 Å². The van der Waals surface area contributed by atoms with Crippen molar-refractivity contribution in [3.05, 3.63) is 83.6 Å². The SMILES string of the molecule is COc1cc(Oc2cccc(C(F)(F)F)c2)nc(C(=O)NC(=O)NC(C)c2ccccc2)c1. The van der Waals surface area contributed by atoms with E-state index in [1.54, 1.807) is 6.92 Å². The number of nitrogens with zero attached hydrogens (tertiary/aromatic N) is 1. The Kier molecular flexibility index (Phi) is 7.17. The van der Waals surface area contributed by atoms with Gasteiger partial charge in [-0.3, -0.25) is 10.1 Å². The zero-order chi connectivity index (χ0) is 24.0. The number of benzene rings is 2. The van der Waals surface area contributed by atoms with Crippen molar-refractivity contribution >= 4 is 11.9 Å². The molecule has 33 heavy (non-hydrogen) atoms. The predicted molar refractivity (Wildman–Crippen MR) is 113 cm³/mol. The van der Waals surface area contributed by atoms with E-state index >= 15 is 0 Å². The lowest BCUT2D eigenvalue weighted by molar-refractivity contribution is -0.137. The number of hydrogen-bond donors (Lipinski definition) is 2. The van der Waals surface area contributed by atoms with Crippen molar-refractivity contribution < 1.29 is 32.2 Å². The summed E-state index contributed by atoms with van der Waals surface area (Å²) in [6.07, 6.45) is -4.55. The standard InChI is InChI=1S/C23H20F3N3O4/c1-14(15-7-4-3-5-8-15)27-22(31)29-21(30)19-12-18(32-2)13-20(28-19)33-17-10-6-9-16(11-17)23(24,25)26/h3-14H,1-2H3,(H2,27,29,30,31). The van der Waals surface area contributed by atoms with Gasteiger partial charge < -0.3 is 14.8 Å². The predicted octanol–water partition coefficient (Wildman–Crippen LogP) is 5.10. The van der Waals surface area contributed by atoms with E-state index in [0.717, 1.165) is 17.7 Å². The van der Waals surface area contributed by atoms with Gasteiger partial charge in [0.15, 0.2) is 0 Å². The first-order valence-electron chi connectivity index (χ1n) is 9.73. The first kappa shape index (κ1) is 23.6. The van der Waals surface area contributed by atoms with E-state index in [4.69, 9.17) is 9.47 Å². The second-order valence-corrected chi connectivity index (χ2v) is 6.92. The normalized spacial score (nSPS) is 11.9. The van der Waals surface area contributed by atoms with E-state index in [9.17, 15) is 22.8 Å². The second kappa shape index (κ2) is 10.0. The van der Waals surface area contributed by atoms with Crippen LogP contribution >= 0.6 is 0 Å². The second-order valence-electron chi connectivity index (χ2n) is 6.92. The number of pyridine rings is 1. The van der Waals surface area contributed by atoms with Crippen LogP contribution in [0.1, 0.15) is 34.6 Å². The summed E-state index contributed by atoms with van der Waals surface area (Å²) in [7, 11) is 1.33. The van der Waals surface area contributed by atoms with Crippen LogP contribution in [0, 0.1) is 0 Å². The van der Waals surface area contributed by atoms with Gasteiger partial charge in [0.25, 0.3) is 5.91 Å². The molecule has 0 saturated heterocycles. The molecule has 0 aliphatic carbocycles. The fraction of sp³-hybridized carbons (Fsp3) is 0.174. The number of nitrogens with one attached hydrogen (secondary N) is 2. The molecule has 2 aromatic carbocycles. The molecule has 0 aliphatic rings. The van der Waals surface area contributed by atoms with Crippen molar-refractivity contribution in [3.63, 3.8) is 0 Å². The maximum atomic E-state index is 12.9. The van der Waals surface area contributed by atoms with Crippen LogP contribution in [0.4, 0.5) is 18.0 Å². The van der Waals surface area contributed by atoms with Crippen molar-refractivity contribution in [1.29, 1.82) is 0 Å². The first-order chi connectivity index (χ1) is 15.7. The molecule has 2 N–H and O–H groups in total. The van der Waals surface area contributed by atoms with Gasteiger partial charge in [-0.25, -0.2) is 9.78 Å². The lowest BCUT2D eigenvalue weighted by Crippen LogP contribution is -2.40. The summed E-state index contributed by atoms with van der Waals surface area (Å²) >= 11 is 0. The van der Waals surface area contributed by atoms with Crippen LogP contribution in [0.5, 0.6) is 17.4 Å². The average molecular weight is 459 g/mol. The maximum Gasteiger partial charge on any atom is 0.416 e. The molecule has 0 fully saturated rings. The highest BCUT2D eigenvalue weighted by Crippen LogP contribution is 2.33. The number of imide groups is 1. The Morgan fingerprint density at radius 1 is 0.970 bits per heavy atom. The third kappa shape index (κ3) is 6.45. The summed E-state index contributed by atoms with van der Waals surface area (Å²) in [5.74, 6) is -1.00. The molecule has 0 saturated carbocycles. The Labute approximate surface area is 187 Å². The number of urea groups is 1. The average Bonchev–Trinajstić information content (AvgIpc) is 2.79. The number of alkyl halides is 3. The molecule has 1 heterocycles. The minimum Gasteiger partial charge on any atom is -0.496 e. The van der Waals surface area contributed by atoms with Gasteiger partial charge in [0.2, 0.25) is 5.88 Å². The molecule has 3 amide bonds. The Balaban J connectivity index is 1.73. The first-order valence-corrected chi connectivity index (χ1v) is 9.73. The number of amides is 3. The molecular formula is C23H20F3N3O4. The zero-order valence-electron chi connectivity index (χ0n) is 17.6. The largest absolute Gasteiger partial charge is 0.496 e. The Bertz CT molecular complexity index is 1140. The van der Waals surface area contributed by atoms with E-state index in [1.807, 2.05) is 30.3 Å². The fourth-order valence-corrected chi connectivity index (χ4v) is 2.85. The Hall–Kier alpha value is -4.08. The van der Waals surface area contributed by atoms with Gasteiger partial charge >= 0.3 is 12.2 Å². The minimum atomic E-state index is -4.55. The summed E-state index contributed by atoms with van der Waals surface area (Å²) in [5.41, 5.74) is -0.278. The molecule has 1 atom stereocenters. The number of halogens is 3. The number of hydrogen-bond acceptors (Lipinski definition) is 5. The van der Waals surface area contributed by atoms with Crippen LogP contribution in [0.2, 0.25) is 0 Å². The molecule has 0 radical (unpaired) electrons. The molecule has 3 aromatic rings. The lowest BCUT2D eigenvalue weighted by atomic mass is 10.1. The zero-order valence-corrected chi connectivity index (χ0v) is 17.6.